The molecular weight excluding hydrogens is 306 g/mol. The molecule has 1 fully saturated rings. The third-order valence-corrected chi connectivity index (χ3v) is 4.18. The Labute approximate surface area is 142 Å². The van der Waals surface area contributed by atoms with E-state index in [-0.39, 0.29) is 6.61 Å². The molecule has 0 spiro atoms. The van der Waals surface area contributed by atoms with Crippen LogP contribution in [0.15, 0.2) is 36.7 Å². The zero-order valence-corrected chi connectivity index (χ0v) is 13.9. The molecule has 0 unspecified atom stereocenters. The van der Waals surface area contributed by atoms with Crippen LogP contribution in [-0.4, -0.2) is 82.2 Å². The van der Waals surface area contributed by atoms with Crippen molar-refractivity contribution >= 4 is 0 Å². The van der Waals surface area contributed by atoms with Crippen LogP contribution < -0.4 is 0 Å². The lowest BCUT2D eigenvalue weighted by molar-refractivity contribution is 0.0319. The number of rotatable bonds is 8. The second kappa shape index (κ2) is 8.89. The van der Waals surface area contributed by atoms with Crippen LogP contribution >= 0.6 is 0 Å². The Balaban J connectivity index is 1.55. The maximum Gasteiger partial charge on any atom is 0.164 e. The number of nitrogens with zero attached hydrogens (tertiary/aromatic N) is 5. The van der Waals surface area contributed by atoms with E-state index in [9.17, 15) is 5.11 Å². The van der Waals surface area contributed by atoms with E-state index in [1.165, 1.54) is 0 Å². The molecule has 3 rings (SSSR count). The number of aromatic nitrogens is 3. The van der Waals surface area contributed by atoms with E-state index < -0.39 is 0 Å². The highest BCUT2D eigenvalue weighted by Crippen LogP contribution is 2.06. The van der Waals surface area contributed by atoms with Crippen molar-refractivity contribution in [2.24, 2.45) is 0 Å². The average molecular weight is 331 g/mol. The van der Waals surface area contributed by atoms with Gasteiger partial charge in [0.25, 0.3) is 0 Å². The van der Waals surface area contributed by atoms with Gasteiger partial charge in [-0.1, -0.05) is 18.2 Å². The maximum absolute atomic E-state index is 9.31. The fourth-order valence-electron chi connectivity index (χ4n) is 2.79. The number of hydrogen-bond donors (Lipinski definition) is 1. The van der Waals surface area contributed by atoms with Gasteiger partial charge in [0, 0.05) is 32.7 Å². The number of benzene rings is 1. The first-order valence-corrected chi connectivity index (χ1v) is 8.44. The summed E-state index contributed by atoms with van der Waals surface area (Å²) in [5.41, 5.74) is 0.998. The molecule has 0 radical (unpaired) electrons. The van der Waals surface area contributed by atoms with Crippen molar-refractivity contribution in [1.29, 1.82) is 0 Å². The number of aliphatic hydroxyl groups is 1. The zero-order valence-electron chi connectivity index (χ0n) is 13.9. The SMILES string of the molecule is OCCN(CCN1CCOCC1)Cc1ncn(-c2ccccc2)n1. The van der Waals surface area contributed by atoms with Crippen LogP contribution in [-0.2, 0) is 11.3 Å². The predicted molar refractivity (Wildman–Crippen MR) is 91.0 cm³/mol. The minimum Gasteiger partial charge on any atom is -0.395 e. The predicted octanol–water partition coefficient (Wildman–Crippen LogP) is 0.394. The van der Waals surface area contributed by atoms with E-state index in [2.05, 4.69) is 19.9 Å². The summed E-state index contributed by atoms with van der Waals surface area (Å²) in [6.45, 7) is 6.86. The summed E-state index contributed by atoms with van der Waals surface area (Å²) in [6, 6.07) is 9.95. The third kappa shape index (κ3) is 4.85. The maximum atomic E-state index is 9.31. The van der Waals surface area contributed by atoms with Gasteiger partial charge in [-0.25, -0.2) is 9.67 Å². The normalized spacial score (nSPS) is 15.9. The van der Waals surface area contributed by atoms with Crippen LogP contribution in [0, 0.1) is 0 Å². The molecule has 1 aromatic heterocycles. The van der Waals surface area contributed by atoms with E-state index in [0.29, 0.717) is 13.1 Å². The first kappa shape index (κ1) is 17.0. The molecule has 2 aromatic rings. The summed E-state index contributed by atoms with van der Waals surface area (Å²) in [7, 11) is 0. The molecular formula is C17H25N5O2. The fraction of sp³-hybridized carbons (Fsp3) is 0.529. The van der Waals surface area contributed by atoms with Crippen LogP contribution in [0.1, 0.15) is 5.82 Å². The number of para-hydroxylation sites is 1. The van der Waals surface area contributed by atoms with Gasteiger partial charge in [-0.2, -0.15) is 0 Å². The second-order valence-electron chi connectivity index (χ2n) is 5.89. The van der Waals surface area contributed by atoms with Crippen LogP contribution in [0.4, 0.5) is 0 Å². The van der Waals surface area contributed by atoms with Gasteiger partial charge in [-0.05, 0) is 12.1 Å². The van der Waals surface area contributed by atoms with Gasteiger partial charge >= 0.3 is 0 Å². The molecule has 0 saturated carbocycles. The molecule has 130 valence electrons. The highest BCUT2D eigenvalue weighted by molar-refractivity contribution is 5.29. The highest BCUT2D eigenvalue weighted by Gasteiger charge is 2.14. The lowest BCUT2D eigenvalue weighted by Crippen LogP contribution is -2.42. The van der Waals surface area contributed by atoms with E-state index in [1.807, 2.05) is 30.3 Å². The van der Waals surface area contributed by atoms with Gasteiger partial charge in [0.1, 0.15) is 6.33 Å². The van der Waals surface area contributed by atoms with Gasteiger partial charge in [0.2, 0.25) is 0 Å². The molecule has 1 aliphatic rings. The molecule has 0 aliphatic carbocycles. The van der Waals surface area contributed by atoms with Crippen molar-refractivity contribution in [1.82, 2.24) is 24.6 Å². The summed E-state index contributed by atoms with van der Waals surface area (Å²) < 4.78 is 7.16. The Bertz CT molecular complexity index is 598. The van der Waals surface area contributed by atoms with E-state index >= 15 is 0 Å². The molecule has 1 saturated heterocycles. The van der Waals surface area contributed by atoms with Crippen molar-refractivity contribution in [2.45, 2.75) is 6.54 Å². The van der Waals surface area contributed by atoms with Gasteiger partial charge in [0.15, 0.2) is 5.82 Å². The van der Waals surface area contributed by atoms with Crippen molar-refractivity contribution in [3.8, 4) is 5.69 Å². The minimum atomic E-state index is 0.141. The Hall–Kier alpha value is -1.80. The van der Waals surface area contributed by atoms with E-state index in [4.69, 9.17) is 4.74 Å². The third-order valence-electron chi connectivity index (χ3n) is 4.18. The molecule has 0 atom stereocenters. The number of aliphatic hydroxyl groups excluding tert-OH is 1. The topological polar surface area (TPSA) is 66.7 Å². The Morgan fingerprint density at radius 3 is 2.67 bits per heavy atom. The van der Waals surface area contributed by atoms with Crippen LogP contribution in [0.3, 0.4) is 0 Å². The van der Waals surface area contributed by atoms with Crippen molar-refractivity contribution in [2.75, 3.05) is 52.5 Å². The largest absolute Gasteiger partial charge is 0.395 e. The molecule has 7 heteroatoms. The molecule has 1 aliphatic heterocycles. The quantitative estimate of drug-likeness (QED) is 0.755. The molecule has 7 nitrogen and oxygen atoms in total. The Kier molecular flexibility index (Phi) is 6.31. The lowest BCUT2D eigenvalue weighted by Gasteiger charge is -2.29. The number of hydrogen-bond acceptors (Lipinski definition) is 6. The lowest BCUT2D eigenvalue weighted by atomic mass is 10.3. The van der Waals surface area contributed by atoms with Crippen molar-refractivity contribution in [3.63, 3.8) is 0 Å². The summed E-state index contributed by atoms with van der Waals surface area (Å²) in [5.74, 6) is 0.772. The first-order chi connectivity index (χ1) is 11.8. The molecule has 0 bridgehead atoms. The van der Waals surface area contributed by atoms with Gasteiger partial charge in [0.05, 0.1) is 32.1 Å². The summed E-state index contributed by atoms with van der Waals surface area (Å²) >= 11 is 0. The number of ether oxygens (including phenoxy) is 1. The monoisotopic (exact) mass is 331 g/mol. The second-order valence-corrected chi connectivity index (χ2v) is 5.89. The van der Waals surface area contributed by atoms with E-state index in [1.54, 1.807) is 11.0 Å². The first-order valence-electron chi connectivity index (χ1n) is 8.44. The zero-order chi connectivity index (χ0) is 16.6. The Morgan fingerprint density at radius 2 is 1.92 bits per heavy atom. The minimum absolute atomic E-state index is 0.141. The molecule has 24 heavy (non-hydrogen) atoms. The molecule has 1 aromatic carbocycles. The average Bonchev–Trinajstić information content (AvgIpc) is 3.10. The summed E-state index contributed by atoms with van der Waals surface area (Å²) in [5, 5.41) is 13.9. The van der Waals surface area contributed by atoms with Crippen LogP contribution in [0.5, 0.6) is 0 Å². The Morgan fingerprint density at radius 1 is 1.12 bits per heavy atom. The van der Waals surface area contributed by atoms with Gasteiger partial charge in [-0.15, -0.1) is 5.10 Å². The van der Waals surface area contributed by atoms with Crippen LogP contribution in [0.25, 0.3) is 5.69 Å². The van der Waals surface area contributed by atoms with E-state index in [0.717, 1.165) is 50.9 Å². The summed E-state index contributed by atoms with van der Waals surface area (Å²) in [6.07, 6.45) is 1.74. The fourth-order valence-corrected chi connectivity index (χ4v) is 2.79. The molecule has 1 N–H and O–H groups in total. The molecule has 0 amide bonds. The van der Waals surface area contributed by atoms with Gasteiger partial charge in [-0.3, -0.25) is 9.80 Å². The number of morpholine rings is 1. The van der Waals surface area contributed by atoms with Crippen LogP contribution in [0.2, 0.25) is 0 Å². The highest BCUT2D eigenvalue weighted by atomic mass is 16.5. The van der Waals surface area contributed by atoms with Crippen molar-refractivity contribution in [3.05, 3.63) is 42.5 Å². The van der Waals surface area contributed by atoms with Crippen molar-refractivity contribution < 1.29 is 9.84 Å². The van der Waals surface area contributed by atoms with Gasteiger partial charge < -0.3 is 9.84 Å². The smallest absolute Gasteiger partial charge is 0.164 e. The standard InChI is InChI=1S/C17H25N5O2/c23-11-8-21(7-6-20-9-12-24-13-10-20)14-17-18-15-22(19-17)16-4-2-1-3-5-16/h1-5,15,23H,6-14H2. The summed E-state index contributed by atoms with van der Waals surface area (Å²) in [4.78, 5) is 8.99. The molecule has 2 heterocycles.